The van der Waals surface area contributed by atoms with E-state index >= 15 is 0 Å². The van der Waals surface area contributed by atoms with E-state index < -0.39 is 17.8 Å². The minimum Gasteiger partial charge on any atom is -0.354 e. The average molecular weight is 401 g/mol. The monoisotopic (exact) mass is 400 g/mol. The van der Waals surface area contributed by atoms with Crippen LogP contribution in [0.15, 0.2) is 24.3 Å². The highest BCUT2D eigenvalue weighted by molar-refractivity contribution is 5.97. The highest BCUT2D eigenvalue weighted by atomic mass is 19.1. The number of nitrogens with one attached hydrogen (secondary N) is 2. The Balaban J connectivity index is 1.32. The molecule has 1 atom stereocenters. The van der Waals surface area contributed by atoms with Gasteiger partial charge in [-0.2, -0.15) is 0 Å². The van der Waals surface area contributed by atoms with Gasteiger partial charge in [-0.05, 0) is 86.2 Å². The van der Waals surface area contributed by atoms with Crippen LogP contribution >= 0.6 is 0 Å². The second kappa shape index (κ2) is 8.08. The van der Waals surface area contributed by atoms with Crippen LogP contribution in [0.5, 0.6) is 0 Å². The number of rotatable bonds is 7. The third-order valence-electron chi connectivity index (χ3n) is 7.47. The molecule has 0 saturated heterocycles. The summed E-state index contributed by atoms with van der Waals surface area (Å²) in [4.78, 5) is 25.3. The molecule has 4 aliphatic rings. The smallest absolute Gasteiger partial charge is 0.254 e. The van der Waals surface area contributed by atoms with Gasteiger partial charge in [0.1, 0.15) is 11.9 Å². The zero-order valence-electron chi connectivity index (χ0n) is 17.5. The summed E-state index contributed by atoms with van der Waals surface area (Å²) in [7, 11) is 0. The number of amides is 2. The first-order valence-electron chi connectivity index (χ1n) is 11.2. The lowest BCUT2D eigenvalue weighted by atomic mass is 9.49. The van der Waals surface area contributed by atoms with Crippen LogP contribution in [0.1, 0.15) is 69.2 Å². The van der Waals surface area contributed by atoms with Crippen LogP contribution in [0, 0.1) is 34.9 Å². The van der Waals surface area contributed by atoms with Gasteiger partial charge in [0.25, 0.3) is 5.91 Å². The highest BCUT2D eigenvalue weighted by Gasteiger charge is 2.50. The molecule has 0 unspecified atom stereocenters. The summed E-state index contributed by atoms with van der Waals surface area (Å²) in [5.41, 5.74) is 0.394. The van der Waals surface area contributed by atoms with Gasteiger partial charge in [0.2, 0.25) is 5.91 Å². The first kappa shape index (κ1) is 20.4. The first-order chi connectivity index (χ1) is 13.8. The van der Waals surface area contributed by atoms with Crippen LogP contribution in [-0.2, 0) is 4.79 Å². The van der Waals surface area contributed by atoms with Crippen molar-refractivity contribution >= 4 is 11.8 Å². The normalized spacial score (nSPS) is 31.0. The molecule has 5 heteroatoms. The van der Waals surface area contributed by atoms with E-state index in [4.69, 9.17) is 0 Å². The quantitative estimate of drug-likeness (QED) is 0.717. The molecule has 2 N–H and O–H groups in total. The molecular weight excluding hydrogens is 367 g/mol. The third kappa shape index (κ3) is 4.34. The lowest BCUT2D eigenvalue weighted by molar-refractivity contribution is -0.124. The Morgan fingerprint density at radius 1 is 1.07 bits per heavy atom. The Hall–Kier alpha value is -1.91. The minimum absolute atomic E-state index is 0.0282. The molecule has 158 valence electrons. The fraction of sp³-hybridized carbons (Fsp3) is 0.667. The minimum atomic E-state index is -0.668. The van der Waals surface area contributed by atoms with Crippen molar-refractivity contribution in [1.82, 2.24) is 10.6 Å². The lowest BCUT2D eigenvalue weighted by Gasteiger charge is -2.57. The number of carbonyl (C=O) groups is 2. The summed E-state index contributed by atoms with van der Waals surface area (Å²) < 4.78 is 13.9. The van der Waals surface area contributed by atoms with E-state index in [9.17, 15) is 14.0 Å². The summed E-state index contributed by atoms with van der Waals surface area (Å²) in [5, 5.41) is 5.79. The molecule has 0 radical (unpaired) electrons. The largest absolute Gasteiger partial charge is 0.354 e. The Bertz CT molecular complexity index is 741. The van der Waals surface area contributed by atoms with Crippen molar-refractivity contribution in [1.29, 1.82) is 0 Å². The molecule has 4 aliphatic carbocycles. The zero-order valence-corrected chi connectivity index (χ0v) is 17.5. The third-order valence-corrected chi connectivity index (χ3v) is 7.47. The summed E-state index contributed by atoms with van der Waals surface area (Å²) in [6, 6.07) is 5.19. The maximum absolute atomic E-state index is 13.9. The van der Waals surface area contributed by atoms with Crippen molar-refractivity contribution in [2.45, 2.75) is 64.8 Å². The van der Waals surface area contributed by atoms with Crippen LogP contribution in [0.3, 0.4) is 0 Å². The van der Waals surface area contributed by atoms with Crippen molar-refractivity contribution in [3.05, 3.63) is 35.6 Å². The Kier molecular flexibility index (Phi) is 5.67. The Morgan fingerprint density at radius 2 is 1.66 bits per heavy atom. The summed E-state index contributed by atoms with van der Waals surface area (Å²) in [6.07, 6.45) is 9.27. The molecule has 2 amide bonds. The standard InChI is InChI=1S/C24H33FN2O2/c1-15(2)21(27-22(28)19-5-3-4-6-20(19)25)23(29)26-8-7-24-12-16-9-17(13-24)11-18(10-16)14-24/h3-6,15-18,21H,7-14H2,1-2H3,(H,26,29)(H,27,28)/t16?,17?,18?,21-,24?/m0/s1. The molecule has 4 fully saturated rings. The van der Waals surface area contributed by atoms with E-state index in [-0.39, 0.29) is 17.4 Å². The predicted molar refractivity (Wildman–Crippen MR) is 111 cm³/mol. The van der Waals surface area contributed by atoms with Crippen molar-refractivity contribution < 1.29 is 14.0 Å². The van der Waals surface area contributed by atoms with Gasteiger partial charge < -0.3 is 10.6 Å². The molecule has 29 heavy (non-hydrogen) atoms. The summed E-state index contributed by atoms with van der Waals surface area (Å²) in [6.45, 7) is 4.44. The van der Waals surface area contributed by atoms with Crippen LogP contribution in [0.2, 0.25) is 0 Å². The van der Waals surface area contributed by atoms with Crippen molar-refractivity contribution in [2.75, 3.05) is 6.54 Å². The summed E-state index contributed by atoms with van der Waals surface area (Å²) in [5.74, 6) is 1.34. The maximum atomic E-state index is 13.9. The number of halogens is 1. The molecule has 0 aromatic heterocycles. The number of hydrogen-bond acceptors (Lipinski definition) is 2. The number of hydrogen-bond donors (Lipinski definition) is 2. The van der Waals surface area contributed by atoms with Gasteiger partial charge in [-0.15, -0.1) is 0 Å². The molecular formula is C24H33FN2O2. The predicted octanol–water partition coefficient (Wildman–Crippen LogP) is 4.30. The van der Waals surface area contributed by atoms with Gasteiger partial charge in [-0.3, -0.25) is 9.59 Å². The van der Waals surface area contributed by atoms with Crippen LogP contribution < -0.4 is 10.6 Å². The van der Waals surface area contributed by atoms with E-state index in [1.54, 1.807) is 12.1 Å². The van der Waals surface area contributed by atoms with Crippen molar-refractivity contribution in [2.24, 2.45) is 29.1 Å². The van der Waals surface area contributed by atoms with Gasteiger partial charge in [0.15, 0.2) is 0 Å². The molecule has 4 saturated carbocycles. The molecule has 0 spiro atoms. The SMILES string of the molecule is CC(C)[C@H](NC(=O)c1ccccc1F)C(=O)NCCC12CC3CC(CC(C3)C1)C2. The Morgan fingerprint density at radius 3 is 2.21 bits per heavy atom. The van der Waals surface area contributed by atoms with E-state index in [0.717, 1.165) is 24.2 Å². The van der Waals surface area contributed by atoms with Crippen LogP contribution in [0.25, 0.3) is 0 Å². The molecule has 1 aromatic rings. The maximum Gasteiger partial charge on any atom is 0.254 e. The highest BCUT2D eigenvalue weighted by Crippen LogP contribution is 2.61. The van der Waals surface area contributed by atoms with Gasteiger partial charge in [-0.1, -0.05) is 26.0 Å². The van der Waals surface area contributed by atoms with Gasteiger partial charge in [0.05, 0.1) is 5.56 Å². The topological polar surface area (TPSA) is 58.2 Å². The van der Waals surface area contributed by atoms with E-state index in [2.05, 4.69) is 10.6 Å². The summed E-state index contributed by atoms with van der Waals surface area (Å²) >= 11 is 0. The van der Waals surface area contributed by atoms with Gasteiger partial charge >= 0.3 is 0 Å². The van der Waals surface area contributed by atoms with Gasteiger partial charge in [-0.25, -0.2) is 4.39 Å². The fourth-order valence-corrected chi connectivity index (χ4v) is 6.56. The molecule has 0 heterocycles. The Labute approximate surface area is 173 Å². The molecule has 4 bridgehead atoms. The number of carbonyl (C=O) groups excluding carboxylic acids is 2. The first-order valence-corrected chi connectivity index (χ1v) is 11.2. The second-order valence-electron chi connectivity index (χ2n) is 10.1. The van der Waals surface area contributed by atoms with Gasteiger partial charge in [0, 0.05) is 6.54 Å². The molecule has 4 nitrogen and oxygen atoms in total. The van der Waals surface area contributed by atoms with Crippen molar-refractivity contribution in [3.63, 3.8) is 0 Å². The van der Waals surface area contributed by atoms with E-state index in [1.165, 1.54) is 50.7 Å². The average Bonchev–Trinajstić information content (AvgIpc) is 2.64. The van der Waals surface area contributed by atoms with E-state index in [0.29, 0.717) is 12.0 Å². The van der Waals surface area contributed by atoms with Crippen molar-refractivity contribution in [3.8, 4) is 0 Å². The van der Waals surface area contributed by atoms with Crippen LogP contribution in [-0.4, -0.2) is 24.4 Å². The molecule has 0 aliphatic heterocycles. The zero-order chi connectivity index (χ0) is 20.6. The van der Waals surface area contributed by atoms with Crippen LogP contribution in [0.4, 0.5) is 4.39 Å². The molecule has 1 aromatic carbocycles. The molecule has 5 rings (SSSR count). The lowest BCUT2D eigenvalue weighted by Crippen LogP contribution is -2.51. The number of benzene rings is 1. The van der Waals surface area contributed by atoms with E-state index in [1.807, 2.05) is 13.8 Å². The second-order valence-corrected chi connectivity index (χ2v) is 10.1. The fourth-order valence-electron chi connectivity index (χ4n) is 6.56.